The molecule has 0 amide bonds. The zero-order valence-electron chi connectivity index (χ0n) is 9.99. The fourth-order valence-electron chi connectivity index (χ4n) is 1.51. The van der Waals surface area contributed by atoms with E-state index in [0.29, 0.717) is 12.1 Å². The van der Waals surface area contributed by atoms with Gasteiger partial charge in [0.05, 0.1) is 0 Å². The number of hydrogen-bond acceptors (Lipinski definition) is 4. The Morgan fingerprint density at radius 3 is 2.94 bits per heavy atom. The van der Waals surface area contributed by atoms with Crippen molar-refractivity contribution >= 4 is 5.95 Å². The van der Waals surface area contributed by atoms with Gasteiger partial charge in [-0.3, -0.25) is 0 Å². The summed E-state index contributed by atoms with van der Waals surface area (Å²) >= 11 is 0. The average Bonchev–Trinajstić information content (AvgIpc) is 2.23. The Kier molecular flexibility index (Phi) is 3.59. The first-order valence-electron chi connectivity index (χ1n) is 6.03. The zero-order chi connectivity index (χ0) is 11.4. The first kappa shape index (κ1) is 11.2. The Morgan fingerprint density at radius 2 is 2.31 bits per heavy atom. The monoisotopic (exact) mass is 221 g/mol. The van der Waals surface area contributed by atoms with E-state index < -0.39 is 0 Å². The highest BCUT2D eigenvalue weighted by Gasteiger charge is 2.20. The number of hydrogen-bond donors (Lipinski definition) is 1. The van der Waals surface area contributed by atoms with Crippen molar-refractivity contribution in [2.45, 2.75) is 45.6 Å². The number of nitrogens with one attached hydrogen (secondary N) is 1. The Bertz CT molecular complexity index is 350. The molecule has 4 nitrogen and oxygen atoms in total. The summed E-state index contributed by atoms with van der Waals surface area (Å²) in [5, 5.41) is 3.17. The Balaban J connectivity index is 2.02. The van der Waals surface area contributed by atoms with Gasteiger partial charge in [-0.2, -0.15) is 4.98 Å². The minimum Gasteiger partial charge on any atom is -0.474 e. The summed E-state index contributed by atoms with van der Waals surface area (Å²) in [6.07, 6.45) is 6.83. The van der Waals surface area contributed by atoms with Gasteiger partial charge >= 0.3 is 0 Å². The van der Waals surface area contributed by atoms with Crippen molar-refractivity contribution in [2.24, 2.45) is 0 Å². The van der Waals surface area contributed by atoms with Crippen LogP contribution in [0.3, 0.4) is 0 Å². The average molecular weight is 221 g/mol. The van der Waals surface area contributed by atoms with E-state index in [-0.39, 0.29) is 0 Å². The molecular weight excluding hydrogens is 202 g/mol. The fraction of sp³-hybridized carbons (Fsp3) is 0.667. The van der Waals surface area contributed by atoms with Gasteiger partial charge in [0.2, 0.25) is 11.8 Å². The molecule has 0 aliphatic heterocycles. The molecule has 2 rings (SSSR count). The molecule has 88 valence electrons. The molecule has 4 heteroatoms. The quantitative estimate of drug-likeness (QED) is 0.830. The maximum Gasteiger partial charge on any atom is 0.225 e. The number of anilines is 1. The zero-order valence-corrected chi connectivity index (χ0v) is 9.99. The van der Waals surface area contributed by atoms with Crippen LogP contribution in [0.1, 0.15) is 38.2 Å². The highest BCUT2D eigenvalue weighted by atomic mass is 16.5. The van der Waals surface area contributed by atoms with Crippen LogP contribution in [-0.4, -0.2) is 22.6 Å². The second-order valence-corrected chi connectivity index (χ2v) is 4.28. The predicted molar refractivity (Wildman–Crippen MR) is 63.8 cm³/mol. The molecule has 1 aromatic heterocycles. The van der Waals surface area contributed by atoms with E-state index in [2.05, 4.69) is 22.2 Å². The number of ether oxygens (including phenoxy) is 1. The van der Waals surface area contributed by atoms with E-state index in [1.807, 2.05) is 13.1 Å². The van der Waals surface area contributed by atoms with E-state index in [4.69, 9.17) is 4.74 Å². The summed E-state index contributed by atoms with van der Waals surface area (Å²) in [6, 6.07) is 0. The summed E-state index contributed by atoms with van der Waals surface area (Å²) < 4.78 is 5.81. The lowest BCUT2D eigenvalue weighted by atomic mass is 9.96. The topological polar surface area (TPSA) is 47.0 Å². The van der Waals surface area contributed by atoms with Gasteiger partial charge in [-0.05, 0) is 32.6 Å². The maximum atomic E-state index is 5.81. The van der Waals surface area contributed by atoms with Crippen LogP contribution in [0.4, 0.5) is 5.95 Å². The lowest BCUT2D eigenvalue weighted by Gasteiger charge is -2.26. The van der Waals surface area contributed by atoms with E-state index in [1.54, 1.807) is 0 Å². The van der Waals surface area contributed by atoms with Crippen molar-refractivity contribution in [3.8, 4) is 5.88 Å². The van der Waals surface area contributed by atoms with Gasteiger partial charge in [-0.25, -0.2) is 4.98 Å². The predicted octanol–water partition coefficient (Wildman–Crippen LogP) is 2.54. The minimum atomic E-state index is 0.368. The fourth-order valence-corrected chi connectivity index (χ4v) is 1.51. The molecule has 1 aliphatic carbocycles. The normalized spacial score (nSPS) is 15.6. The van der Waals surface area contributed by atoms with Crippen LogP contribution in [0.15, 0.2) is 6.20 Å². The van der Waals surface area contributed by atoms with Crippen molar-refractivity contribution < 1.29 is 4.74 Å². The summed E-state index contributed by atoms with van der Waals surface area (Å²) in [5.41, 5.74) is 1.01. The second-order valence-electron chi connectivity index (χ2n) is 4.28. The highest BCUT2D eigenvalue weighted by molar-refractivity contribution is 5.32. The molecule has 0 radical (unpaired) electrons. The van der Waals surface area contributed by atoms with Gasteiger partial charge < -0.3 is 10.1 Å². The third kappa shape index (κ3) is 2.62. The lowest BCUT2D eigenvalue weighted by molar-refractivity contribution is 0.113. The molecule has 16 heavy (non-hydrogen) atoms. The molecular formula is C12H19N3O. The van der Waals surface area contributed by atoms with Crippen LogP contribution >= 0.6 is 0 Å². The van der Waals surface area contributed by atoms with E-state index >= 15 is 0 Å². The molecule has 1 aromatic rings. The smallest absolute Gasteiger partial charge is 0.225 e. The van der Waals surface area contributed by atoms with E-state index in [1.165, 1.54) is 6.42 Å². The van der Waals surface area contributed by atoms with Crippen molar-refractivity contribution in [2.75, 3.05) is 11.9 Å². The van der Waals surface area contributed by atoms with Crippen molar-refractivity contribution in [1.29, 1.82) is 0 Å². The molecule has 0 atom stereocenters. The van der Waals surface area contributed by atoms with E-state index in [9.17, 15) is 0 Å². The Labute approximate surface area is 96.4 Å². The summed E-state index contributed by atoms with van der Waals surface area (Å²) in [6.45, 7) is 5.00. The number of nitrogens with zero attached hydrogens (tertiary/aromatic N) is 2. The molecule has 0 unspecified atom stereocenters. The first-order chi connectivity index (χ1) is 7.79. The summed E-state index contributed by atoms with van der Waals surface area (Å²) in [4.78, 5) is 8.61. The van der Waals surface area contributed by atoms with Crippen LogP contribution in [-0.2, 0) is 0 Å². The first-order valence-corrected chi connectivity index (χ1v) is 6.03. The van der Waals surface area contributed by atoms with Crippen molar-refractivity contribution in [3.05, 3.63) is 11.8 Å². The second kappa shape index (κ2) is 5.14. The van der Waals surface area contributed by atoms with Gasteiger partial charge in [0.15, 0.2) is 0 Å². The summed E-state index contributed by atoms with van der Waals surface area (Å²) in [5.74, 6) is 1.40. The molecule has 1 saturated carbocycles. The third-order valence-electron chi connectivity index (χ3n) is 2.79. The Hall–Kier alpha value is -1.32. The Morgan fingerprint density at radius 1 is 1.50 bits per heavy atom. The van der Waals surface area contributed by atoms with Gasteiger partial charge in [0.1, 0.15) is 6.10 Å². The standard InChI is InChI=1S/C12H19N3O/c1-3-7-13-12-14-8-9(2)11(15-12)16-10-5-4-6-10/h8,10H,3-7H2,1-2H3,(H,13,14,15). The van der Waals surface area contributed by atoms with Crippen molar-refractivity contribution in [1.82, 2.24) is 9.97 Å². The van der Waals surface area contributed by atoms with Gasteiger partial charge in [0.25, 0.3) is 0 Å². The molecule has 1 N–H and O–H groups in total. The third-order valence-corrected chi connectivity index (χ3v) is 2.79. The van der Waals surface area contributed by atoms with Crippen LogP contribution in [0.5, 0.6) is 5.88 Å². The van der Waals surface area contributed by atoms with Gasteiger partial charge in [-0.1, -0.05) is 6.92 Å². The highest BCUT2D eigenvalue weighted by Crippen LogP contribution is 2.26. The number of aryl methyl sites for hydroxylation is 1. The van der Waals surface area contributed by atoms with Gasteiger partial charge in [0, 0.05) is 18.3 Å². The molecule has 0 spiro atoms. The number of rotatable bonds is 5. The summed E-state index contributed by atoms with van der Waals surface area (Å²) in [7, 11) is 0. The SMILES string of the molecule is CCCNc1ncc(C)c(OC2CCC2)n1. The molecule has 1 aliphatic rings. The molecule has 1 fully saturated rings. The molecule has 0 saturated heterocycles. The van der Waals surface area contributed by atoms with Crippen molar-refractivity contribution in [3.63, 3.8) is 0 Å². The van der Waals surface area contributed by atoms with Crippen LogP contribution in [0.2, 0.25) is 0 Å². The van der Waals surface area contributed by atoms with Crippen LogP contribution in [0, 0.1) is 6.92 Å². The van der Waals surface area contributed by atoms with Crippen LogP contribution in [0.25, 0.3) is 0 Å². The largest absolute Gasteiger partial charge is 0.474 e. The molecule has 0 aromatic carbocycles. The lowest BCUT2D eigenvalue weighted by Crippen LogP contribution is -2.25. The molecule has 0 bridgehead atoms. The van der Waals surface area contributed by atoms with Crippen LogP contribution < -0.4 is 10.1 Å². The molecule has 1 heterocycles. The number of aromatic nitrogens is 2. The maximum absolute atomic E-state index is 5.81. The van der Waals surface area contributed by atoms with E-state index in [0.717, 1.165) is 37.3 Å². The van der Waals surface area contributed by atoms with Gasteiger partial charge in [-0.15, -0.1) is 0 Å². The minimum absolute atomic E-state index is 0.368.